The molecule has 1 heterocycles. The van der Waals surface area contributed by atoms with Crippen molar-refractivity contribution in [1.82, 2.24) is 15.2 Å². The molecule has 0 aliphatic carbocycles. The van der Waals surface area contributed by atoms with Crippen molar-refractivity contribution < 1.29 is 9.47 Å². The SMILES string of the molecule is COc1ccc(-c2nc(SCCCSc3ccccc3Cl)n[nH]2)c(OC)c1. The van der Waals surface area contributed by atoms with Gasteiger partial charge >= 0.3 is 0 Å². The van der Waals surface area contributed by atoms with Crippen molar-refractivity contribution >= 4 is 35.1 Å². The molecule has 0 radical (unpaired) electrons. The number of nitrogens with zero attached hydrogens (tertiary/aromatic N) is 2. The van der Waals surface area contributed by atoms with Gasteiger partial charge in [0.1, 0.15) is 11.5 Å². The first-order valence-corrected chi connectivity index (χ1v) is 10.7. The summed E-state index contributed by atoms with van der Waals surface area (Å²) in [7, 11) is 3.25. The van der Waals surface area contributed by atoms with Crippen LogP contribution in [0, 0.1) is 0 Å². The quantitative estimate of drug-likeness (QED) is 0.368. The van der Waals surface area contributed by atoms with Gasteiger partial charge in [-0.05, 0) is 36.4 Å². The first-order valence-electron chi connectivity index (χ1n) is 8.36. The number of hydrogen-bond acceptors (Lipinski definition) is 6. The molecule has 27 heavy (non-hydrogen) atoms. The standard InChI is InChI=1S/C19H20ClN3O2S2/c1-24-13-8-9-14(16(12-13)25-2)18-21-19(23-22-18)27-11-5-10-26-17-7-4-3-6-15(17)20/h3-4,6-9,12H,5,10-11H2,1-2H3,(H,21,22,23). The molecule has 0 fully saturated rings. The van der Waals surface area contributed by atoms with Crippen molar-refractivity contribution in [2.75, 3.05) is 25.7 Å². The summed E-state index contributed by atoms with van der Waals surface area (Å²) in [4.78, 5) is 5.68. The lowest BCUT2D eigenvalue weighted by molar-refractivity contribution is 0.395. The second-order valence-electron chi connectivity index (χ2n) is 5.51. The number of H-pyrrole nitrogens is 1. The monoisotopic (exact) mass is 421 g/mol. The molecule has 0 saturated carbocycles. The summed E-state index contributed by atoms with van der Waals surface area (Å²) in [5, 5.41) is 8.81. The van der Waals surface area contributed by atoms with Gasteiger partial charge in [0.15, 0.2) is 5.82 Å². The van der Waals surface area contributed by atoms with Crippen molar-refractivity contribution in [2.45, 2.75) is 16.5 Å². The summed E-state index contributed by atoms with van der Waals surface area (Å²) < 4.78 is 10.7. The highest BCUT2D eigenvalue weighted by atomic mass is 35.5. The van der Waals surface area contributed by atoms with E-state index in [0.29, 0.717) is 11.6 Å². The molecule has 0 unspecified atom stereocenters. The Morgan fingerprint density at radius 3 is 2.63 bits per heavy atom. The van der Waals surface area contributed by atoms with Gasteiger partial charge < -0.3 is 9.47 Å². The number of benzene rings is 2. The van der Waals surface area contributed by atoms with E-state index in [1.807, 2.05) is 42.5 Å². The number of nitrogens with one attached hydrogen (secondary N) is 1. The van der Waals surface area contributed by atoms with Gasteiger partial charge in [-0.25, -0.2) is 4.98 Å². The average Bonchev–Trinajstić information content (AvgIpc) is 3.17. The Morgan fingerprint density at radius 2 is 1.85 bits per heavy atom. The molecule has 3 aromatic rings. The van der Waals surface area contributed by atoms with E-state index in [4.69, 9.17) is 21.1 Å². The third-order valence-electron chi connectivity index (χ3n) is 3.74. The first-order chi connectivity index (χ1) is 13.2. The van der Waals surface area contributed by atoms with Crippen LogP contribution in [0.4, 0.5) is 0 Å². The van der Waals surface area contributed by atoms with E-state index in [1.54, 1.807) is 37.7 Å². The summed E-state index contributed by atoms with van der Waals surface area (Å²) in [5.41, 5.74) is 0.854. The number of aromatic nitrogens is 3. The molecule has 0 spiro atoms. The Labute approximate surface area is 172 Å². The van der Waals surface area contributed by atoms with Crippen LogP contribution in [0.15, 0.2) is 52.5 Å². The summed E-state index contributed by atoms with van der Waals surface area (Å²) in [5.74, 6) is 4.05. The number of thioether (sulfide) groups is 2. The van der Waals surface area contributed by atoms with Gasteiger partial charge in [-0.15, -0.1) is 16.9 Å². The zero-order chi connectivity index (χ0) is 19.1. The predicted molar refractivity (Wildman–Crippen MR) is 112 cm³/mol. The largest absolute Gasteiger partial charge is 0.497 e. The lowest BCUT2D eigenvalue weighted by Crippen LogP contribution is -1.91. The van der Waals surface area contributed by atoms with Crippen LogP contribution >= 0.6 is 35.1 Å². The Kier molecular flexibility index (Phi) is 7.32. The van der Waals surface area contributed by atoms with Crippen LogP contribution < -0.4 is 9.47 Å². The van der Waals surface area contributed by atoms with Crippen LogP contribution in [0.2, 0.25) is 5.02 Å². The fourth-order valence-corrected chi connectivity index (χ4v) is 4.50. The maximum absolute atomic E-state index is 6.17. The van der Waals surface area contributed by atoms with Crippen molar-refractivity contribution in [2.24, 2.45) is 0 Å². The van der Waals surface area contributed by atoms with Crippen molar-refractivity contribution in [3.63, 3.8) is 0 Å². The highest BCUT2D eigenvalue weighted by molar-refractivity contribution is 8.00. The third-order valence-corrected chi connectivity index (χ3v) is 6.28. The van der Waals surface area contributed by atoms with E-state index >= 15 is 0 Å². The molecule has 0 atom stereocenters. The zero-order valence-corrected chi connectivity index (χ0v) is 17.5. The highest BCUT2D eigenvalue weighted by Crippen LogP contribution is 2.32. The van der Waals surface area contributed by atoms with Crippen LogP contribution in [0.1, 0.15) is 6.42 Å². The molecule has 8 heteroatoms. The smallest absolute Gasteiger partial charge is 0.208 e. The molecule has 0 bridgehead atoms. The Hall–Kier alpha value is -1.83. The molecule has 142 valence electrons. The second-order valence-corrected chi connectivity index (χ2v) is 8.12. The fraction of sp³-hybridized carbons (Fsp3) is 0.263. The lowest BCUT2D eigenvalue weighted by atomic mass is 10.2. The molecule has 1 N–H and O–H groups in total. The van der Waals surface area contributed by atoms with Gasteiger partial charge in [0.2, 0.25) is 5.16 Å². The molecule has 3 rings (SSSR count). The number of rotatable bonds is 9. The minimum Gasteiger partial charge on any atom is -0.497 e. The average molecular weight is 422 g/mol. The number of methoxy groups -OCH3 is 2. The molecule has 0 amide bonds. The number of aromatic amines is 1. The molecule has 5 nitrogen and oxygen atoms in total. The van der Waals surface area contributed by atoms with Crippen LogP contribution in [0.25, 0.3) is 11.4 Å². The third kappa shape index (κ3) is 5.34. The Bertz CT molecular complexity index is 889. The van der Waals surface area contributed by atoms with Gasteiger partial charge in [0.05, 0.1) is 24.8 Å². The predicted octanol–water partition coefficient (Wildman–Crippen LogP) is 5.42. The summed E-state index contributed by atoms with van der Waals surface area (Å²) in [6.45, 7) is 0. The van der Waals surface area contributed by atoms with Crippen LogP contribution in [-0.2, 0) is 0 Å². The Morgan fingerprint density at radius 1 is 1.04 bits per heavy atom. The zero-order valence-electron chi connectivity index (χ0n) is 15.1. The van der Waals surface area contributed by atoms with Gasteiger partial charge in [0.25, 0.3) is 0 Å². The number of ether oxygens (including phenoxy) is 2. The summed E-state index contributed by atoms with van der Waals surface area (Å²) >= 11 is 9.57. The van der Waals surface area contributed by atoms with Crippen molar-refractivity contribution in [3.8, 4) is 22.9 Å². The summed E-state index contributed by atoms with van der Waals surface area (Å²) in [6, 6.07) is 13.5. The minimum absolute atomic E-state index is 0.683. The second kappa shape index (κ2) is 9.92. The molecule has 0 saturated heterocycles. The Balaban J connectivity index is 1.52. The van der Waals surface area contributed by atoms with E-state index in [9.17, 15) is 0 Å². The topological polar surface area (TPSA) is 60.0 Å². The van der Waals surface area contributed by atoms with E-state index in [2.05, 4.69) is 15.2 Å². The minimum atomic E-state index is 0.683. The van der Waals surface area contributed by atoms with Gasteiger partial charge in [0, 0.05) is 16.7 Å². The lowest BCUT2D eigenvalue weighted by Gasteiger charge is -2.07. The molecule has 0 aliphatic heterocycles. The fourth-order valence-electron chi connectivity index (χ4n) is 2.39. The first kappa shape index (κ1) is 19.9. The van der Waals surface area contributed by atoms with Crippen molar-refractivity contribution in [1.29, 1.82) is 0 Å². The van der Waals surface area contributed by atoms with Crippen LogP contribution in [0.5, 0.6) is 11.5 Å². The maximum atomic E-state index is 6.17. The molecule has 2 aromatic carbocycles. The highest BCUT2D eigenvalue weighted by Gasteiger charge is 2.12. The summed E-state index contributed by atoms with van der Waals surface area (Å²) in [6.07, 6.45) is 1.04. The van der Waals surface area contributed by atoms with Gasteiger partial charge in [-0.1, -0.05) is 35.5 Å². The van der Waals surface area contributed by atoms with Gasteiger partial charge in [-0.2, -0.15) is 0 Å². The van der Waals surface area contributed by atoms with E-state index in [-0.39, 0.29) is 0 Å². The number of hydrogen-bond donors (Lipinski definition) is 1. The molecule has 0 aliphatic rings. The molecular weight excluding hydrogens is 402 g/mol. The molecule has 1 aromatic heterocycles. The normalized spacial score (nSPS) is 10.8. The van der Waals surface area contributed by atoms with Crippen LogP contribution in [-0.4, -0.2) is 40.9 Å². The molecular formula is C19H20ClN3O2S2. The van der Waals surface area contributed by atoms with Crippen LogP contribution in [0.3, 0.4) is 0 Å². The van der Waals surface area contributed by atoms with Gasteiger partial charge in [-0.3, -0.25) is 5.10 Å². The van der Waals surface area contributed by atoms with E-state index in [1.165, 1.54) is 0 Å². The van der Waals surface area contributed by atoms with E-state index < -0.39 is 0 Å². The number of halogens is 1. The maximum Gasteiger partial charge on any atom is 0.208 e. The van der Waals surface area contributed by atoms with E-state index in [0.717, 1.165) is 44.3 Å². The van der Waals surface area contributed by atoms with Crippen molar-refractivity contribution in [3.05, 3.63) is 47.5 Å².